The highest BCUT2D eigenvalue weighted by Crippen LogP contribution is 2.15. The van der Waals surface area contributed by atoms with Gasteiger partial charge in [-0.1, -0.05) is 13.0 Å². The van der Waals surface area contributed by atoms with Gasteiger partial charge in [0, 0.05) is 18.2 Å². The third kappa shape index (κ3) is 2.38. The van der Waals surface area contributed by atoms with Crippen LogP contribution in [0.5, 0.6) is 0 Å². The molecule has 1 aromatic carbocycles. The second kappa shape index (κ2) is 5.13. The molecule has 5 nitrogen and oxygen atoms in total. The summed E-state index contributed by atoms with van der Waals surface area (Å²) in [4.78, 5) is 23.8. The van der Waals surface area contributed by atoms with Crippen LogP contribution in [0.25, 0.3) is 11.0 Å². The zero-order chi connectivity index (χ0) is 13.9. The van der Waals surface area contributed by atoms with E-state index in [4.69, 9.17) is 0 Å². The number of rotatable bonds is 3. The van der Waals surface area contributed by atoms with Crippen molar-refractivity contribution >= 4 is 22.8 Å². The molecule has 2 heterocycles. The molecule has 100 valence electrons. The van der Waals surface area contributed by atoms with Gasteiger partial charge in [0.25, 0.3) is 5.91 Å². The summed E-state index contributed by atoms with van der Waals surface area (Å²) in [6.45, 7) is 2.03. The van der Waals surface area contributed by atoms with Gasteiger partial charge in [-0.15, -0.1) is 0 Å². The standard InChI is InChI=1S/C15H14N4O/c1-2-13-17-11-7-6-10(9-12(11)18-13)15(20)19-14-5-3-4-8-16-14/h3-9H,2H2,1H3,(H,17,18)(H,16,19,20). The molecule has 0 aliphatic carbocycles. The fourth-order valence-electron chi connectivity index (χ4n) is 2.00. The van der Waals surface area contributed by atoms with Crippen LogP contribution in [0.4, 0.5) is 5.82 Å². The zero-order valence-corrected chi connectivity index (χ0v) is 11.1. The summed E-state index contributed by atoms with van der Waals surface area (Å²) in [6.07, 6.45) is 2.48. The molecule has 0 aliphatic heterocycles. The number of nitrogens with zero attached hydrogens (tertiary/aromatic N) is 2. The van der Waals surface area contributed by atoms with Gasteiger partial charge in [0.1, 0.15) is 11.6 Å². The van der Waals surface area contributed by atoms with Gasteiger partial charge in [0.05, 0.1) is 11.0 Å². The Morgan fingerprint density at radius 2 is 2.20 bits per heavy atom. The maximum atomic E-state index is 12.1. The van der Waals surface area contributed by atoms with Crippen LogP contribution < -0.4 is 5.32 Å². The van der Waals surface area contributed by atoms with E-state index in [1.54, 1.807) is 30.5 Å². The average Bonchev–Trinajstić information content (AvgIpc) is 2.90. The molecule has 2 N–H and O–H groups in total. The lowest BCUT2D eigenvalue weighted by Gasteiger charge is -2.03. The van der Waals surface area contributed by atoms with E-state index < -0.39 is 0 Å². The van der Waals surface area contributed by atoms with E-state index in [1.807, 2.05) is 19.1 Å². The maximum absolute atomic E-state index is 12.1. The average molecular weight is 266 g/mol. The summed E-state index contributed by atoms with van der Waals surface area (Å²) < 4.78 is 0. The molecular weight excluding hydrogens is 252 g/mol. The first-order valence-electron chi connectivity index (χ1n) is 6.47. The number of carbonyl (C=O) groups is 1. The number of fused-ring (bicyclic) bond motifs is 1. The van der Waals surface area contributed by atoms with E-state index in [-0.39, 0.29) is 5.91 Å². The maximum Gasteiger partial charge on any atom is 0.256 e. The molecule has 0 saturated heterocycles. The van der Waals surface area contributed by atoms with Gasteiger partial charge in [0.2, 0.25) is 0 Å². The van der Waals surface area contributed by atoms with E-state index in [0.717, 1.165) is 23.3 Å². The third-order valence-electron chi connectivity index (χ3n) is 3.03. The van der Waals surface area contributed by atoms with Gasteiger partial charge in [-0.05, 0) is 30.3 Å². The molecule has 3 aromatic rings. The monoisotopic (exact) mass is 266 g/mol. The number of anilines is 1. The number of hydrogen-bond acceptors (Lipinski definition) is 3. The number of aryl methyl sites for hydroxylation is 1. The normalized spacial score (nSPS) is 10.7. The molecule has 3 rings (SSSR count). The second-order valence-electron chi connectivity index (χ2n) is 4.44. The fraction of sp³-hybridized carbons (Fsp3) is 0.133. The molecule has 1 amide bonds. The Hall–Kier alpha value is -2.69. The summed E-state index contributed by atoms with van der Waals surface area (Å²) in [5, 5.41) is 2.76. The first-order valence-corrected chi connectivity index (χ1v) is 6.47. The van der Waals surface area contributed by atoms with Gasteiger partial charge in [0.15, 0.2) is 0 Å². The molecule has 0 fully saturated rings. The van der Waals surface area contributed by atoms with Gasteiger partial charge >= 0.3 is 0 Å². The smallest absolute Gasteiger partial charge is 0.256 e. The summed E-state index contributed by atoms with van der Waals surface area (Å²) in [5.74, 6) is 1.27. The minimum atomic E-state index is -0.182. The van der Waals surface area contributed by atoms with E-state index in [2.05, 4.69) is 20.3 Å². The van der Waals surface area contributed by atoms with Crippen LogP contribution >= 0.6 is 0 Å². The molecule has 0 aliphatic rings. The number of aromatic nitrogens is 3. The Kier molecular flexibility index (Phi) is 3.16. The highest BCUT2D eigenvalue weighted by Gasteiger charge is 2.09. The molecule has 20 heavy (non-hydrogen) atoms. The summed E-state index contributed by atoms with van der Waals surface area (Å²) >= 11 is 0. The highest BCUT2D eigenvalue weighted by atomic mass is 16.1. The van der Waals surface area contributed by atoms with Crippen molar-refractivity contribution in [1.29, 1.82) is 0 Å². The molecule has 0 atom stereocenters. The number of nitrogens with one attached hydrogen (secondary N) is 2. The van der Waals surface area contributed by atoms with Crippen LogP contribution in [0, 0.1) is 0 Å². The van der Waals surface area contributed by atoms with Crippen LogP contribution in [-0.4, -0.2) is 20.9 Å². The first kappa shape index (κ1) is 12.3. The van der Waals surface area contributed by atoms with Crippen molar-refractivity contribution in [1.82, 2.24) is 15.0 Å². The van der Waals surface area contributed by atoms with Gasteiger partial charge in [-0.3, -0.25) is 4.79 Å². The second-order valence-corrected chi connectivity index (χ2v) is 4.44. The number of amides is 1. The lowest BCUT2D eigenvalue weighted by molar-refractivity contribution is 0.102. The lowest BCUT2D eigenvalue weighted by atomic mass is 10.2. The fourth-order valence-corrected chi connectivity index (χ4v) is 2.00. The van der Waals surface area contributed by atoms with Crippen LogP contribution in [0.2, 0.25) is 0 Å². The molecule has 5 heteroatoms. The largest absolute Gasteiger partial charge is 0.342 e. The SMILES string of the molecule is CCc1nc2ccc(C(=O)Nc3ccccn3)cc2[nH]1. The van der Waals surface area contributed by atoms with E-state index in [0.29, 0.717) is 11.4 Å². The Bertz CT molecular complexity index is 749. The minimum absolute atomic E-state index is 0.182. The van der Waals surface area contributed by atoms with E-state index in [1.165, 1.54) is 0 Å². The molecule has 0 saturated carbocycles. The number of H-pyrrole nitrogens is 1. The molecule has 0 bridgehead atoms. The number of pyridine rings is 1. The lowest BCUT2D eigenvalue weighted by Crippen LogP contribution is -2.12. The van der Waals surface area contributed by atoms with Crippen molar-refractivity contribution in [3.8, 4) is 0 Å². The number of benzene rings is 1. The summed E-state index contributed by atoms with van der Waals surface area (Å²) in [6, 6.07) is 10.8. The number of imidazole rings is 1. The predicted octanol–water partition coefficient (Wildman–Crippen LogP) is 2.77. The van der Waals surface area contributed by atoms with Crippen molar-refractivity contribution in [3.63, 3.8) is 0 Å². The summed E-state index contributed by atoms with van der Waals surface area (Å²) in [7, 11) is 0. The topological polar surface area (TPSA) is 70.7 Å². The van der Waals surface area contributed by atoms with E-state index >= 15 is 0 Å². The third-order valence-corrected chi connectivity index (χ3v) is 3.03. The van der Waals surface area contributed by atoms with Crippen LogP contribution in [0.1, 0.15) is 23.1 Å². The first-order chi connectivity index (χ1) is 9.76. The molecule has 0 radical (unpaired) electrons. The number of hydrogen-bond donors (Lipinski definition) is 2. The van der Waals surface area contributed by atoms with Crippen LogP contribution in [-0.2, 0) is 6.42 Å². The molecule has 2 aromatic heterocycles. The molecule has 0 unspecified atom stereocenters. The quantitative estimate of drug-likeness (QED) is 0.765. The van der Waals surface area contributed by atoms with E-state index in [9.17, 15) is 4.79 Å². The van der Waals surface area contributed by atoms with Crippen molar-refractivity contribution in [3.05, 3.63) is 54.0 Å². The number of carbonyl (C=O) groups excluding carboxylic acids is 1. The van der Waals surface area contributed by atoms with Crippen LogP contribution in [0.3, 0.4) is 0 Å². The Balaban J connectivity index is 1.87. The van der Waals surface area contributed by atoms with Crippen molar-refractivity contribution in [2.75, 3.05) is 5.32 Å². The Morgan fingerprint density at radius 1 is 1.30 bits per heavy atom. The minimum Gasteiger partial charge on any atom is -0.342 e. The Morgan fingerprint density at radius 3 is 2.95 bits per heavy atom. The highest BCUT2D eigenvalue weighted by molar-refractivity contribution is 6.05. The van der Waals surface area contributed by atoms with Gasteiger partial charge in [-0.25, -0.2) is 9.97 Å². The van der Waals surface area contributed by atoms with Crippen LogP contribution in [0.15, 0.2) is 42.6 Å². The molecular formula is C15H14N4O. The summed E-state index contributed by atoms with van der Waals surface area (Å²) in [5.41, 5.74) is 2.32. The van der Waals surface area contributed by atoms with Crippen molar-refractivity contribution in [2.45, 2.75) is 13.3 Å². The number of aromatic amines is 1. The predicted molar refractivity (Wildman–Crippen MR) is 77.7 cm³/mol. The van der Waals surface area contributed by atoms with Crippen molar-refractivity contribution < 1.29 is 4.79 Å². The zero-order valence-electron chi connectivity index (χ0n) is 11.1. The Labute approximate surface area is 116 Å². The van der Waals surface area contributed by atoms with Gasteiger partial charge in [-0.2, -0.15) is 0 Å². The van der Waals surface area contributed by atoms with Crippen molar-refractivity contribution in [2.24, 2.45) is 0 Å². The van der Waals surface area contributed by atoms with Gasteiger partial charge < -0.3 is 10.3 Å². The molecule has 0 spiro atoms.